The van der Waals surface area contributed by atoms with Gasteiger partial charge in [-0.1, -0.05) is 12.1 Å². The Morgan fingerprint density at radius 1 is 1.50 bits per heavy atom. The van der Waals surface area contributed by atoms with Gasteiger partial charge in [-0.2, -0.15) is 0 Å². The summed E-state index contributed by atoms with van der Waals surface area (Å²) in [5.74, 6) is -0.575. The number of fused-ring (bicyclic) bond motifs is 1. The van der Waals surface area contributed by atoms with E-state index in [2.05, 4.69) is 4.98 Å². The van der Waals surface area contributed by atoms with Gasteiger partial charge in [0, 0.05) is 0 Å². The number of nitrogens with zero attached hydrogens (tertiary/aromatic N) is 2. The second-order valence-corrected chi connectivity index (χ2v) is 3.61. The standard InChI is InChI=1S/C11H12N2O3/c1-7(14)11-12-8-4-2-3-5-9(8)13(11)6-10(15)16/h2-5,7,14H,6H2,1H3,(H,15,16)/t7-/m0/s1. The zero-order chi connectivity index (χ0) is 11.7. The van der Waals surface area contributed by atoms with Crippen LogP contribution < -0.4 is 0 Å². The number of para-hydroxylation sites is 2. The maximum Gasteiger partial charge on any atom is 0.323 e. The first-order valence-electron chi connectivity index (χ1n) is 4.94. The Hall–Kier alpha value is -1.88. The third-order valence-corrected chi connectivity index (χ3v) is 2.35. The molecule has 0 saturated heterocycles. The van der Waals surface area contributed by atoms with Gasteiger partial charge in [-0.15, -0.1) is 0 Å². The first kappa shape index (κ1) is 10.6. The lowest BCUT2D eigenvalue weighted by atomic mass is 10.3. The third kappa shape index (κ3) is 1.77. The second kappa shape index (κ2) is 3.94. The minimum absolute atomic E-state index is 0.194. The fourth-order valence-corrected chi connectivity index (χ4v) is 1.71. The van der Waals surface area contributed by atoms with E-state index in [-0.39, 0.29) is 6.54 Å². The molecule has 5 heteroatoms. The Labute approximate surface area is 92.0 Å². The maximum absolute atomic E-state index is 10.8. The van der Waals surface area contributed by atoms with E-state index in [9.17, 15) is 9.90 Å². The van der Waals surface area contributed by atoms with Crippen LogP contribution in [-0.2, 0) is 11.3 Å². The molecule has 0 aliphatic heterocycles. The average molecular weight is 220 g/mol. The monoisotopic (exact) mass is 220 g/mol. The van der Waals surface area contributed by atoms with E-state index in [1.807, 2.05) is 12.1 Å². The SMILES string of the molecule is C[C@H](O)c1nc2ccccc2n1CC(=O)O. The molecule has 5 nitrogen and oxygen atoms in total. The van der Waals surface area contributed by atoms with Gasteiger partial charge < -0.3 is 14.8 Å². The Balaban J connectivity index is 2.64. The lowest BCUT2D eigenvalue weighted by Crippen LogP contribution is -2.13. The van der Waals surface area contributed by atoms with Crippen molar-refractivity contribution in [1.82, 2.24) is 9.55 Å². The van der Waals surface area contributed by atoms with Crippen molar-refractivity contribution in [2.24, 2.45) is 0 Å². The molecule has 0 spiro atoms. The number of hydrogen-bond acceptors (Lipinski definition) is 3. The maximum atomic E-state index is 10.8. The molecule has 0 saturated carbocycles. The number of carboxylic acid groups (broad SMARTS) is 1. The molecule has 2 rings (SSSR count). The summed E-state index contributed by atoms with van der Waals surface area (Å²) in [6.07, 6.45) is -0.785. The smallest absolute Gasteiger partial charge is 0.323 e. The minimum Gasteiger partial charge on any atom is -0.480 e. The molecule has 0 aliphatic carbocycles. The fraction of sp³-hybridized carbons (Fsp3) is 0.273. The molecule has 84 valence electrons. The first-order valence-corrected chi connectivity index (χ1v) is 4.94. The first-order chi connectivity index (χ1) is 7.59. The number of aliphatic hydroxyl groups is 1. The number of aliphatic carboxylic acids is 1. The Bertz CT molecular complexity index is 531. The molecular weight excluding hydrogens is 208 g/mol. The van der Waals surface area contributed by atoms with Gasteiger partial charge in [-0.3, -0.25) is 4.79 Å². The van der Waals surface area contributed by atoms with Crippen LogP contribution in [0.1, 0.15) is 18.9 Å². The summed E-state index contributed by atoms with van der Waals surface area (Å²) in [4.78, 5) is 15.0. The lowest BCUT2D eigenvalue weighted by molar-refractivity contribution is -0.137. The number of rotatable bonds is 3. The molecule has 1 heterocycles. The largest absolute Gasteiger partial charge is 0.480 e. The fourth-order valence-electron chi connectivity index (χ4n) is 1.71. The summed E-state index contributed by atoms with van der Waals surface area (Å²) in [6.45, 7) is 1.38. The Kier molecular flexibility index (Phi) is 2.62. The van der Waals surface area contributed by atoms with E-state index in [4.69, 9.17) is 5.11 Å². The molecule has 16 heavy (non-hydrogen) atoms. The van der Waals surface area contributed by atoms with Gasteiger partial charge in [-0.25, -0.2) is 4.98 Å². The van der Waals surface area contributed by atoms with Crippen LogP contribution in [0.5, 0.6) is 0 Å². The van der Waals surface area contributed by atoms with Gasteiger partial charge in [0.15, 0.2) is 0 Å². The highest BCUT2D eigenvalue weighted by Crippen LogP contribution is 2.20. The van der Waals surface area contributed by atoms with Gasteiger partial charge in [0.1, 0.15) is 18.5 Å². The number of aliphatic hydroxyl groups excluding tert-OH is 1. The van der Waals surface area contributed by atoms with Crippen LogP contribution in [0, 0.1) is 0 Å². The van der Waals surface area contributed by atoms with Crippen molar-refractivity contribution in [2.45, 2.75) is 19.6 Å². The highest BCUT2D eigenvalue weighted by atomic mass is 16.4. The van der Waals surface area contributed by atoms with Crippen molar-refractivity contribution in [3.8, 4) is 0 Å². The number of carbonyl (C=O) groups is 1. The van der Waals surface area contributed by atoms with Crippen LogP contribution in [0.4, 0.5) is 0 Å². The van der Waals surface area contributed by atoms with Crippen molar-refractivity contribution in [1.29, 1.82) is 0 Å². The zero-order valence-electron chi connectivity index (χ0n) is 8.79. The number of benzene rings is 1. The van der Waals surface area contributed by atoms with Crippen molar-refractivity contribution in [2.75, 3.05) is 0 Å². The van der Waals surface area contributed by atoms with E-state index in [0.717, 1.165) is 5.52 Å². The van der Waals surface area contributed by atoms with E-state index >= 15 is 0 Å². The van der Waals surface area contributed by atoms with Gasteiger partial charge in [0.2, 0.25) is 0 Å². The molecule has 0 fully saturated rings. The van der Waals surface area contributed by atoms with Crippen molar-refractivity contribution < 1.29 is 15.0 Å². The summed E-state index contributed by atoms with van der Waals surface area (Å²) in [7, 11) is 0. The summed E-state index contributed by atoms with van der Waals surface area (Å²) < 4.78 is 1.52. The van der Waals surface area contributed by atoms with Crippen LogP contribution >= 0.6 is 0 Å². The molecule has 1 aromatic heterocycles. The van der Waals surface area contributed by atoms with Crippen LogP contribution in [0.25, 0.3) is 11.0 Å². The van der Waals surface area contributed by atoms with Crippen LogP contribution in [0.2, 0.25) is 0 Å². The topological polar surface area (TPSA) is 75.4 Å². The molecule has 0 amide bonds. The Morgan fingerprint density at radius 2 is 2.19 bits per heavy atom. The summed E-state index contributed by atoms with van der Waals surface area (Å²) >= 11 is 0. The van der Waals surface area contributed by atoms with Gasteiger partial charge in [-0.05, 0) is 19.1 Å². The summed E-state index contributed by atoms with van der Waals surface area (Å²) in [5.41, 5.74) is 1.42. The normalized spacial score (nSPS) is 12.9. The highest BCUT2D eigenvalue weighted by Gasteiger charge is 2.15. The number of hydrogen-bond donors (Lipinski definition) is 2. The molecule has 0 aliphatic rings. The molecular formula is C11H12N2O3. The van der Waals surface area contributed by atoms with Gasteiger partial charge >= 0.3 is 5.97 Å². The minimum atomic E-state index is -0.954. The Morgan fingerprint density at radius 3 is 2.81 bits per heavy atom. The van der Waals surface area contributed by atoms with Crippen LogP contribution in [0.3, 0.4) is 0 Å². The van der Waals surface area contributed by atoms with E-state index in [1.165, 1.54) is 4.57 Å². The highest BCUT2D eigenvalue weighted by molar-refractivity contribution is 5.78. The van der Waals surface area contributed by atoms with E-state index < -0.39 is 12.1 Å². The predicted octanol–water partition coefficient (Wildman–Crippen LogP) is 1.17. The molecule has 0 bridgehead atoms. The molecule has 2 N–H and O–H groups in total. The van der Waals surface area contributed by atoms with Crippen LogP contribution in [-0.4, -0.2) is 25.7 Å². The summed E-state index contributed by atoms with van der Waals surface area (Å²) in [6, 6.07) is 7.22. The lowest BCUT2D eigenvalue weighted by Gasteiger charge is -2.07. The third-order valence-electron chi connectivity index (χ3n) is 2.35. The molecule has 0 unspecified atom stereocenters. The van der Waals surface area contributed by atoms with E-state index in [1.54, 1.807) is 19.1 Å². The molecule has 1 aromatic carbocycles. The van der Waals surface area contributed by atoms with Crippen molar-refractivity contribution in [3.05, 3.63) is 30.1 Å². The van der Waals surface area contributed by atoms with Crippen molar-refractivity contribution in [3.63, 3.8) is 0 Å². The zero-order valence-corrected chi connectivity index (χ0v) is 8.79. The van der Waals surface area contributed by atoms with Crippen LogP contribution in [0.15, 0.2) is 24.3 Å². The van der Waals surface area contributed by atoms with Crippen molar-refractivity contribution >= 4 is 17.0 Å². The number of carboxylic acids is 1. The number of aromatic nitrogens is 2. The predicted molar refractivity (Wildman–Crippen MR) is 58.0 cm³/mol. The molecule has 0 radical (unpaired) electrons. The quantitative estimate of drug-likeness (QED) is 0.814. The molecule has 1 atom stereocenters. The second-order valence-electron chi connectivity index (χ2n) is 3.61. The number of imidazole rings is 1. The van der Waals surface area contributed by atoms with E-state index in [0.29, 0.717) is 11.3 Å². The van der Waals surface area contributed by atoms with Gasteiger partial charge in [0.25, 0.3) is 0 Å². The summed E-state index contributed by atoms with van der Waals surface area (Å²) in [5, 5.41) is 18.4. The molecule has 2 aromatic rings. The van der Waals surface area contributed by atoms with Gasteiger partial charge in [0.05, 0.1) is 11.0 Å². The average Bonchev–Trinajstić information content (AvgIpc) is 2.57.